The second kappa shape index (κ2) is 22.3. The van der Waals surface area contributed by atoms with Crippen molar-refractivity contribution in [1.29, 1.82) is 0 Å². The van der Waals surface area contributed by atoms with Crippen LogP contribution in [-0.4, -0.2) is 104 Å². The molecule has 382 valence electrons. The highest BCUT2D eigenvalue weighted by Crippen LogP contribution is 2.47. The van der Waals surface area contributed by atoms with Gasteiger partial charge in [0.05, 0.1) is 45.8 Å². The summed E-state index contributed by atoms with van der Waals surface area (Å²) >= 11 is 0. The Morgan fingerprint density at radius 1 is 0.704 bits per heavy atom. The maximum Gasteiger partial charge on any atom is 0.258 e. The number of hydrogen-bond acceptors (Lipinski definition) is 11. The van der Waals surface area contributed by atoms with Gasteiger partial charge in [-0.15, -0.1) is 0 Å². The summed E-state index contributed by atoms with van der Waals surface area (Å²) in [5.74, 6) is 1.14. The van der Waals surface area contributed by atoms with Crippen LogP contribution in [0.15, 0.2) is 66.4 Å². The number of amides is 2. The monoisotopic (exact) mass is 1010 g/mol. The first-order valence-electron chi connectivity index (χ1n) is 25.7. The topological polar surface area (TPSA) is 156 Å². The molecule has 3 aliphatic heterocycles. The van der Waals surface area contributed by atoms with Crippen molar-refractivity contribution >= 4 is 56.5 Å². The number of nitrogens with two attached hydrogens (primary N) is 1. The smallest absolute Gasteiger partial charge is 0.258 e. The number of anilines is 2. The lowest BCUT2D eigenvalue weighted by atomic mass is 9.89. The minimum atomic E-state index is -1.44. The van der Waals surface area contributed by atoms with Gasteiger partial charge in [0.25, 0.3) is 5.91 Å². The van der Waals surface area contributed by atoms with Gasteiger partial charge in [-0.05, 0) is 115 Å². The molecule has 15 heteroatoms. The molecule has 0 bridgehead atoms. The fourth-order valence-corrected chi connectivity index (χ4v) is 11.7. The van der Waals surface area contributed by atoms with Crippen LogP contribution < -0.4 is 29.6 Å². The SMILES string of the molecule is COc1cc2c(cc1OCCCOc1cc3c(cc1OC)C(=O)CCC1C=C(c4ccc(N)cc4)C[C@H]1C(=O)N3COCC[Si](C)(C)C)C(COCC[Si](C)(C)C)CCC(=O)[C@@H]1CC(C3CC3)=CN1C2=O. The number of ketones is 2. The molecule has 1 saturated carbocycles. The molecule has 2 amide bonds. The summed E-state index contributed by atoms with van der Waals surface area (Å²) in [4.78, 5) is 60.8. The zero-order chi connectivity index (χ0) is 50.6. The maximum absolute atomic E-state index is 14.9. The molecular formula is C56H75N3O10Si2. The number of ether oxygens (including phenoxy) is 6. The number of methoxy groups -OCH3 is 2. The van der Waals surface area contributed by atoms with Crippen molar-refractivity contribution in [3.63, 3.8) is 0 Å². The third kappa shape index (κ3) is 12.7. The number of carbonyl (C=O) groups is 4. The molecular weight excluding hydrogens is 931 g/mol. The number of nitrogen functional groups attached to an aromatic ring is 1. The summed E-state index contributed by atoms with van der Waals surface area (Å²) in [6.45, 7) is 15.8. The van der Waals surface area contributed by atoms with Crippen LogP contribution in [0.2, 0.25) is 51.4 Å². The van der Waals surface area contributed by atoms with Crippen molar-refractivity contribution in [2.75, 3.05) is 64.6 Å². The molecule has 0 spiro atoms. The molecule has 71 heavy (non-hydrogen) atoms. The first-order valence-corrected chi connectivity index (χ1v) is 33.1. The van der Waals surface area contributed by atoms with Crippen LogP contribution in [0.5, 0.6) is 23.0 Å². The molecule has 3 heterocycles. The van der Waals surface area contributed by atoms with E-state index in [1.165, 1.54) is 5.57 Å². The highest BCUT2D eigenvalue weighted by Gasteiger charge is 2.43. The predicted octanol–water partition coefficient (Wildman–Crippen LogP) is 10.8. The van der Waals surface area contributed by atoms with Crippen LogP contribution >= 0.6 is 0 Å². The van der Waals surface area contributed by atoms with Crippen molar-refractivity contribution in [2.24, 2.45) is 17.8 Å². The molecule has 8 rings (SSSR count). The van der Waals surface area contributed by atoms with Crippen LogP contribution in [0.3, 0.4) is 0 Å². The third-order valence-corrected chi connectivity index (χ3v) is 18.1. The Morgan fingerprint density at radius 2 is 1.35 bits per heavy atom. The van der Waals surface area contributed by atoms with E-state index in [4.69, 9.17) is 34.2 Å². The highest BCUT2D eigenvalue weighted by molar-refractivity contribution is 6.76. The van der Waals surface area contributed by atoms with Crippen LogP contribution in [0.1, 0.15) is 95.5 Å². The van der Waals surface area contributed by atoms with Crippen LogP contribution in [0, 0.1) is 17.8 Å². The van der Waals surface area contributed by atoms with E-state index in [0.29, 0.717) is 110 Å². The van der Waals surface area contributed by atoms with Crippen molar-refractivity contribution in [1.82, 2.24) is 4.90 Å². The lowest BCUT2D eigenvalue weighted by Crippen LogP contribution is -2.40. The first-order chi connectivity index (χ1) is 33.9. The second-order valence-electron chi connectivity index (χ2n) is 22.5. The Balaban J connectivity index is 1.01. The van der Waals surface area contributed by atoms with Gasteiger partial charge in [0.2, 0.25) is 5.91 Å². The molecule has 3 aromatic carbocycles. The zero-order valence-corrected chi connectivity index (χ0v) is 45.2. The molecule has 2 unspecified atom stereocenters. The Bertz CT molecular complexity index is 2520. The van der Waals surface area contributed by atoms with E-state index in [1.807, 2.05) is 36.5 Å². The molecule has 2 aliphatic carbocycles. The minimum absolute atomic E-state index is 0.00356. The van der Waals surface area contributed by atoms with Gasteiger partial charge in [0.1, 0.15) is 6.73 Å². The fraction of sp³-hybridized carbons (Fsp3) is 0.536. The Labute approximate surface area is 422 Å². The molecule has 4 atom stereocenters. The van der Waals surface area contributed by atoms with E-state index in [-0.39, 0.29) is 67.5 Å². The van der Waals surface area contributed by atoms with E-state index in [0.717, 1.165) is 41.6 Å². The molecule has 0 saturated heterocycles. The van der Waals surface area contributed by atoms with Gasteiger partial charge in [-0.2, -0.15) is 0 Å². The normalized spacial score (nSPS) is 21.6. The van der Waals surface area contributed by atoms with Crippen LogP contribution in [0.4, 0.5) is 11.4 Å². The summed E-state index contributed by atoms with van der Waals surface area (Å²) in [5, 5.41) is 0. The van der Waals surface area contributed by atoms with Gasteiger partial charge in [-0.1, -0.05) is 57.5 Å². The number of hydrogen-bond donors (Lipinski definition) is 1. The summed E-state index contributed by atoms with van der Waals surface area (Å²) < 4.78 is 37.2. The zero-order valence-electron chi connectivity index (χ0n) is 43.2. The Morgan fingerprint density at radius 3 is 2.00 bits per heavy atom. The van der Waals surface area contributed by atoms with Gasteiger partial charge < -0.3 is 39.1 Å². The second-order valence-corrected chi connectivity index (χ2v) is 33.8. The standard InChI is InChI=1S/C56H75N3O10Si2/c1-64-51-30-45-43(39(34-66-22-24-70(3,4)5)15-19-50(61)48-28-41(37-10-11-37)33-58(48)56(45)63)29-53(51)68-20-9-21-69-54-32-47-46(31-52(54)65-2)49(60)18-14-38-26-40(36-12-16-42(57)17-13-36)27-44(38)55(62)59(47)35-67-23-25-71(6,7)8/h12-13,16-17,26,29-33,37-39,44,48H,9-11,14-15,18-25,27-28,34-35,57H2,1-8H3/t38?,39?,44-,48+/m1/s1. The number of fused-ring (bicyclic) bond motifs is 4. The van der Waals surface area contributed by atoms with E-state index in [1.54, 1.807) is 42.2 Å². The number of allylic oxidation sites excluding steroid dienone is 2. The number of rotatable bonds is 20. The van der Waals surface area contributed by atoms with Crippen molar-refractivity contribution < 1.29 is 47.6 Å². The van der Waals surface area contributed by atoms with Crippen molar-refractivity contribution in [3.8, 4) is 23.0 Å². The summed E-state index contributed by atoms with van der Waals surface area (Å²) in [5.41, 5.74) is 12.1. The summed E-state index contributed by atoms with van der Waals surface area (Å²) in [7, 11) is 0.318. The van der Waals surface area contributed by atoms with E-state index in [2.05, 4.69) is 45.4 Å². The minimum Gasteiger partial charge on any atom is -0.493 e. The molecule has 0 radical (unpaired) electrons. The molecule has 1 fully saturated rings. The number of nitrogens with zero attached hydrogens (tertiary/aromatic N) is 2. The van der Waals surface area contributed by atoms with Crippen molar-refractivity contribution in [2.45, 2.75) is 121 Å². The van der Waals surface area contributed by atoms with Gasteiger partial charge in [-0.3, -0.25) is 24.1 Å². The van der Waals surface area contributed by atoms with E-state index < -0.39 is 22.2 Å². The largest absolute Gasteiger partial charge is 0.493 e. The molecule has 13 nitrogen and oxygen atoms in total. The van der Waals surface area contributed by atoms with Crippen LogP contribution in [-0.2, 0) is 19.1 Å². The average Bonchev–Trinajstić information content (AvgIpc) is 3.93. The number of benzene rings is 3. The highest BCUT2D eigenvalue weighted by atomic mass is 28.3. The van der Waals surface area contributed by atoms with Crippen LogP contribution in [0.25, 0.3) is 5.57 Å². The van der Waals surface area contributed by atoms with Gasteiger partial charge in [0, 0.05) is 89.5 Å². The Hall–Kier alpha value is -5.23. The summed E-state index contributed by atoms with van der Waals surface area (Å²) in [6.07, 6.45) is 9.60. The lowest BCUT2D eigenvalue weighted by molar-refractivity contribution is -0.124. The van der Waals surface area contributed by atoms with E-state index in [9.17, 15) is 19.2 Å². The quantitative estimate of drug-likeness (QED) is 0.0653. The number of Topliss-reactive ketones (excluding diaryl/α,β-unsaturated/α-hetero) is 2. The fourth-order valence-electron chi connectivity index (χ4n) is 10.2. The molecule has 5 aliphatic rings. The maximum atomic E-state index is 14.9. The molecule has 2 N–H and O–H groups in total. The summed E-state index contributed by atoms with van der Waals surface area (Å²) in [6, 6.07) is 16.3. The van der Waals surface area contributed by atoms with Gasteiger partial charge in [-0.25, -0.2) is 0 Å². The van der Waals surface area contributed by atoms with E-state index >= 15 is 0 Å². The predicted molar refractivity (Wildman–Crippen MR) is 283 cm³/mol. The van der Waals surface area contributed by atoms with Gasteiger partial charge in [0.15, 0.2) is 34.6 Å². The number of carbonyl (C=O) groups excluding carboxylic acids is 4. The first kappa shape index (κ1) is 52.1. The van der Waals surface area contributed by atoms with Crippen molar-refractivity contribution in [3.05, 3.63) is 88.6 Å². The molecule has 3 aromatic rings. The van der Waals surface area contributed by atoms with Gasteiger partial charge >= 0.3 is 0 Å². The third-order valence-electron chi connectivity index (χ3n) is 14.7. The average molecular weight is 1010 g/mol. The lowest BCUT2D eigenvalue weighted by Gasteiger charge is -2.29. The Kier molecular flexibility index (Phi) is 16.3. The molecule has 0 aromatic heterocycles.